The van der Waals surface area contributed by atoms with E-state index in [1.807, 2.05) is 53.4 Å². The van der Waals surface area contributed by atoms with Crippen LogP contribution in [0, 0.1) is 0 Å². The minimum atomic E-state index is 0.0533. The van der Waals surface area contributed by atoms with Gasteiger partial charge < -0.3 is 9.64 Å². The van der Waals surface area contributed by atoms with Crippen LogP contribution in [-0.4, -0.2) is 45.5 Å². The van der Waals surface area contributed by atoms with Crippen molar-refractivity contribution in [2.24, 2.45) is 0 Å². The molecule has 6 nitrogen and oxygen atoms in total. The van der Waals surface area contributed by atoms with Crippen LogP contribution in [0.25, 0.3) is 11.4 Å². The maximum atomic E-state index is 12.5. The number of amides is 1. The lowest BCUT2D eigenvalue weighted by Gasteiger charge is -2.16. The summed E-state index contributed by atoms with van der Waals surface area (Å²) in [7, 11) is 3.45. The second-order valence-electron chi connectivity index (χ2n) is 6.05. The minimum absolute atomic E-state index is 0.0533. The summed E-state index contributed by atoms with van der Waals surface area (Å²) in [5.41, 5.74) is 0.933. The van der Waals surface area contributed by atoms with E-state index in [0.717, 1.165) is 22.0 Å². The standard InChI is InChI=1S/C20H22N4O2S2/c1-4-11-24-19(15-7-9-16(26-3)10-8-15)21-22-20(24)28-14-18(25)23(2)13-17-6-5-12-27-17/h4-10,12H,1,11,13-14H2,2-3H3. The predicted octanol–water partition coefficient (Wildman–Crippen LogP) is 3.95. The topological polar surface area (TPSA) is 60.2 Å². The summed E-state index contributed by atoms with van der Waals surface area (Å²) in [6.45, 7) is 5.01. The van der Waals surface area contributed by atoms with Crippen LogP contribution in [0.4, 0.5) is 0 Å². The summed E-state index contributed by atoms with van der Waals surface area (Å²) in [5, 5.41) is 11.3. The van der Waals surface area contributed by atoms with Crippen molar-refractivity contribution in [3.63, 3.8) is 0 Å². The highest BCUT2D eigenvalue weighted by atomic mass is 32.2. The van der Waals surface area contributed by atoms with Crippen LogP contribution in [-0.2, 0) is 17.9 Å². The number of hydrogen-bond donors (Lipinski definition) is 0. The molecule has 2 heterocycles. The van der Waals surface area contributed by atoms with Crippen LogP contribution in [0.2, 0.25) is 0 Å². The zero-order valence-corrected chi connectivity index (χ0v) is 17.5. The van der Waals surface area contributed by atoms with E-state index in [9.17, 15) is 4.79 Å². The minimum Gasteiger partial charge on any atom is -0.497 e. The highest BCUT2D eigenvalue weighted by molar-refractivity contribution is 7.99. The van der Waals surface area contributed by atoms with Gasteiger partial charge >= 0.3 is 0 Å². The highest BCUT2D eigenvalue weighted by Gasteiger charge is 2.17. The molecule has 0 spiro atoms. The Morgan fingerprint density at radius 1 is 1.32 bits per heavy atom. The SMILES string of the molecule is C=CCn1c(SCC(=O)N(C)Cc2cccs2)nnc1-c1ccc(OC)cc1. The van der Waals surface area contributed by atoms with E-state index in [0.29, 0.717) is 24.0 Å². The number of ether oxygens (including phenoxy) is 1. The van der Waals surface area contributed by atoms with Crippen LogP contribution in [0.5, 0.6) is 5.75 Å². The number of benzene rings is 1. The third-order valence-electron chi connectivity index (χ3n) is 4.10. The van der Waals surface area contributed by atoms with E-state index in [1.54, 1.807) is 29.4 Å². The third-order valence-corrected chi connectivity index (χ3v) is 5.91. The maximum Gasteiger partial charge on any atom is 0.233 e. The fourth-order valence-corrected chi connectivity index (χ4v) is 4.25. The third kappa shape index (κ3) is 4.82. The first-order chi connectivity index (χ1) is 13.6. The van der Waals surface area contributed by atoms with Gasteiger partial charge in [-0.25, -0.2) is 0 Å². The quantitative estimate of drug-likeness (QED) is 0.392. The smallest absolute Gasteiger partial charge is 0.233 e. The lowest BCUT2D eigenvalue weighted by molar-refractivity contribution is -0.127. The summed E-state index contributed by atoms with van der Waals surface area (Å²) in [6.07, 6.45) is 1.80. The molecule has 0 unspecified atom stereocenters. The van der Waals surface area contributed by atoms with Gasteiger partial charge in [-0.05, 0) is 35.7 Å². The largest absolute Gasteiger partial charge is 0.497 e. The molecule has 0 radical (unpaired) electrons. The van der Waals surface area contributed by atoms with Gasteiger partial charge in [0.1, 0.15) is 5.75 Å². The molecule has 0 N–H and O–H groups in total. The van der Waals surface area contributed by atoms with Crippen molar-refractivity contribution in [2.45, 2.75) is 18.2 Å². The number of carbonyl (C=O) groups excluding carboxylic acids is 1. The molecule has 0 fully saturated rings. The molecule has 0 saturated heterocycles. The van der Waals surface area contributed by atoms with Crippen molar-refractivity contribution in [1.29, 1.82) is 0 Å². The molecule has 0 aliphatic rings. The van der Waals surface area contributed by atoms with E-state index < -0.39 is 0 Å². The van der Waals surface area contributed by atoms with Crippen LogP contribution in [0.1, 0.15) is 4.88 Å². The molecular weight excluding hydrogens is 392 g/mol. The molecule has 1 aromatic carbocycles. The van der Waals surface area contributed by atoms with Gasteiger partial charge in [-0.2, -0.15) is 0 Å². The summed E-state index contributed by atoms with van der Waals surface area (Å²) >= 11 is 3.04. The molecule has 146 valence electrons. The lowest BCUT2D eigenvalue weighted by atomic mass is 10.2. The lowest BCUT2D eigenvalue weighted by Crippen LogP contribution is -2.27. The number of aromatic nitrogens is 3. The molecule has 0 bridgehead atoms. The number of methoxy groups -OCH3 is 1. The Morgan fingerprint density at radius 2 is 2.11 bits per heavy atom. The van der Waals surface area contributed by atoms with E-state index in [-0.39, 0.29) is 5.91 Å². The van der Waals surface area contributed by atoms with Gasteiger partial charge in [0.15, 0.2) is 11.0 Å². The fraction of sp³-hybridized carbons (Fsp3) is 0.250. The average molecular weight is 415 g/mol. The van der Waals surface area contributed by atoms with E-state index in [2.05, 4.69) is 16.8 Å². The van der Waals surface area contributed by atoms with Crippen molar-refractivity contribution in [1.82, 2.24) is 19.7 Å². The molecule has 0 atom stereocenters. The molecule has 8 heteroatoms. The van der Waals surface area contributed by atoms with Crippen molar-refractivity contribution in [3.8, 4) is 17.1 Å². The normalized spacial score (nSPS) is 10.6. The molecule has 0 saturated carbocycles. The average Bonchev–Trinajstić information content (AvgIpc) is 3.36. The van der Waals surface area contributed by atoms with Crippen molar-refractivity contribution >= 4 is 29.0 Å². The Labute approximate surface area is 172 Å². The Kier molecular flexibility index (Phi) is 6.89. The second-order valence-corrected chi connectivity index (χ2v) is 8.03. The number of thiophene rings is 1. The molecule has 0 aliphatic heterocycles. The first-order valence-electron chi connectivity index (χ1n) is 8.70. The molecular formula is C20H22N4O2S2. The van der Waals surface area contributed by atoms with Gasteiger partial charge in [0.25, 0.3) is 0 Å². The fourth-order valence-electron chi connectivity index (χ4n) is 2.60. The second kappa shape index (κ2) is 9.57. The summed E-state index contributed by atoms with van der Waals surface area (Å²) in [4.78, 5) is 15.4. The number of carbonyl (C=O) groups is 1. The molecule has 28 heavy (non-hydrogen) atoms. The number of thioether (sulfide) groups is 1. The van der Waals surface area contributed by atoms with Crippen LogP contribution >= 0.6 is 23.1 Å². The van der Waals surface area contributed by atoms with Crippen molar-refractivity contribution < 1.29 is 9.53 Å². The van der Waals surface area contributed by atoms with E-state index in [1.165, 1.54) is 11.8 Å². The zero-order valence-electron chi connectivity index (χ0n) is 15.9. The summed E-state index contributed by atoms with van der Waals surface area (Å²) in [5.74, 6) is 1.88. The highest BCUT2D eigenvalue weighted by Crippen LogP contribution is 2.26. The number of rotatable bonds is 9. The van der Waals surface area contributed by atoms with Gasteiger partial charge in [-0.3, -0.25) is 9.36 Å². The van der Waals surface area contributed by atoms with Gasteiger partial charge in [0, 0.05) is 24.0 Å². The van der Waals surface area contributed by atoms with Crippen LogP contribution < -0.4 is 4.74 Å². The van der Waals surface area contributed by atoms with E-state index >= 15 is 0 Å². The Balaban J connectivity index is 1.70. The molecule has 3 aromatic rings. The van der Waals surface area contributed by atoms with Gasteiger partial charge in [0.05, 0.1) is 19.4 Å². The van der Waals surface area contributed by atoms with E-state index in [4.69, 9.17) is 4.74 Å². The van der Waals surface area contributed by atoms with Gasteiger partial charge in [-0.1, -0.05) is 23.9 Å². The number of nitrogens with zero attached hydrogens (tertiary/aromatic N) is 4. The molecule has 1 amide bonds. The number of allylic oxidation sites excluding steroid dienone is 1. The van der Waals surface area contributed by atoms with Crippen molar-refractivity contribution in [2.75, 3.05) is 19.9 Å². The zero-order chi connectivity index (χ0) is 19.9. The van der Waals surface area contributed by atoms with Gasteiger partial charge in [0.2, 0.25) is 5.91 Å². The molecule has 0 aliphatic carbocycles. The Bertz CT molecular complexity index is 920. The predicted molar refractivity (Wildman–Crippen MR) is 114 cm³/mol. The number of hydrogen-bond acceptors (Lipinski definition) is 6. The monoisotopic (exact) mass is 414 g/mol. The van der Waals surface area contributed by atoms with Crippen molar-refractivity contribution in [3.05, 3.63) is 59.3 Å². The summed E-state index contributed by atoms with van der Waals surface area (Å²) < 4.78 is 7.17. The first-order valence-corrected chi connectivity index (χ1v) is 10.6. The molecule has 2 aromatic heterocycles. The first kappa shape index (κ1) is 20.2. The Morgan fingerprint density at radius 3 is 2.75 bits per heavy atom. The molecule has 3 rings (SSSR count). The summed E-state index contributed by atoms with van der Waals surface area (Å²) in [6, 6.07) is 11.7. The Hall–Kier alpha value is -2.58. The van der Waals surface area contributed by atoms with Crippen LogP contribution in [0.3, 0.4) is 0 Å². The maximum absolute atomic E-state index is 12.5. The van der Waals surface area contributed by atoms with Crippen LogP contribution in [0.15, 0.2) is 59.6 Å². The van der Waals surface area contributed by atoms with Gasteiger partial charge in [-0.15, -0.1) is 28.1 Å².